The number of nitrogens with zero attached hydrogens (tertiary/aromatic N) is 2. The molecule has 0 radical (unpaired) electrons. The Labute approximate surface area is 125 Å². The second-order valence-corrected chi connectivity index (χ2v) is 4.27. The lowest BCUT2D eigenvalue weighted by Crippen LogP contribution is -2.26. The monoisotopic (exact) mass is 290 g/mol. The number of rotatable bonds is 3. The van der Waals surface area contributed by atoms with Crippen LogP contribution in [0.15, 0.2) is 42.5 Å². The number of carboxylic acids is 1. The normalized spacial score (nSPS) is 9.36. The molecule has 0 saturated carbocycles. The summed E-state index contributed by atoms with van der Waals surface area (Å²) in [6.45, 7) is 0. The van der Waals surface area contributed by atoms with Gasteiger partial charge in [0.25, 0.3) is 5.91 Å². The first-order chi connectivity index (χ1) is 10.6. The van der Waals surface area contributed by atoms with Gasteiger partial charge in [0.05, 0.1) is 17.1 Å². The lowest BCUT2D eigenvalue weighted by molar-refractivity contribution is -0.255. The first-order valence-electron chi connectivity index (χ1n) is 6.12. The minimum Gasteiger partial charge on any atom is -0.545 e. The average molecular weight is 290 g/mol. The summed E-state index contributed by atoms with van der Waals surface area (Å²) in [7, 11) is 0. The molecule has 6 heteroatoms. The number of carbonyl (C=O) groups excluding carboxylic acids is 2. The molecule has 1 N–H and O–H groups in total. The van der Waals surface area contributed by atoms with E-state index < -0.39 is 11.9 Å². The molecule has 1 amide bonds. The molecule has 0 aliphatic rings. The van der Waals surface area contributed by atoms with E-state index in [0.717, 1.165) is 0 Å². The third-order valence-electron chi connectivity index (χ3n) is 2.91. The molecule has 0 spiro atoms. The van der Waals surface area contributed by atoms with Crippen molar-refractivity contribution in [2.24, 2.45) is 0 Å². The fourth-order valence-electron chi connectivity index (χ4n) is 1.87. The number of nitriles is 2. The highest BCUT2D eigenvalue weighted by Crippen LogP contribution is 2.17. The number of hydrogen-bond acceptors (Lipinski definition) is 5. The highest BCUT2D eigenvalue weighted by atomic mass is 16.4. The summed E-state index contributed by atoms with van der Waals surface area (Å²) in [6, 6.07) is 13.6. The number of anilines is 1. The van der Waals surface area contributed by atoms with E-state index in [-0.39, 0.29) is 27.9 Å². The second-order valence-electron chi connectivity index (χ2n) is 4.27. The molecule has 0 heterocycles. The van der Waals surface area contributed by atoms with Gasteiger partial charge in [0.1, 0.15) is 12.1 Å². The van der Waals surface area contributed by atoms with Crippen molar-refractivity contribution in [1.82, 2.24) is 0 Å². The zero-order chi connectivity index (χ0) is 16.1. The average Bonchev–Trinajstić information content (AvgIpc) is 2.54. The summed E-state index contributed by atoms with van der Waals surface area (Å²) >= 11 is 0. The summed E-state index contributed by atoms with van der Waals surface area (Å²) in [4.78, 5) is 23.1. The van der Waals surface area contributed by atoms with Crippen molar-refractivity contribution in [1.29, 1.82) is 10.5 Å². The van der Waals surface area contributed by atoms with Crippen molar-refractivity contribution in [2.75, 3.05) is 5.32 Å². The molecule has 2 rings (SSSR count). The SMILES string of the molecule is N#Cc1ccc(NC(=O)c2ccccc2C(=O)[O-])cc1C#N. The van der Waals surface area contributed by atoms with E-state index in [1.54, 1.807) is 0 Å². The molecule has 2 aromatic rings. The van der Waals surface area contributed by atoms with Gasteiger partial charge in [-0.1, -0.05) is 18.2 Å². The van der Waals surface area contributed by atoms with Gasteiger partial charge < -0.3 is 15.2 Å². The van der Waals surface area contributed by atoms with E-state index in [1.807, 2.05) is 12.1 Å². The van der Waals surface area contributed by atoms with Crippen molar-refractivity contribution < 1.29 is 14.7 Å². The molecule has 106 valence electrons. The molecule has 0 bridgehead atoms. The Kier molecular flexibility index (Phi) is 4.17. The predicted octanol–water partition coefficient (Wildman–Crippen LogP) is 1.05. The van der Waals surface area contributed by atoms with Crippen LogP contribution in [0, 0.1) is 22.7 Å². The molecular formula is C16H8N3O3-. The van der Waals surface area contributed by atoms with Crippen LogP contribution in [-0.2, 0) is 0 Å². The predicted molar refractivity (Wildman–Crippen MR) is 74.6 cm³/mol. The molecule has 2 aromatic carbocycles. The number of carbonyl (C=O) groups is 2. The van der Waals surface area contributed by atoms with Gasteiger partial charge in [0.2, 0.25) is 0 Å². The van der Waals surface area contributed by atoms with Gasteiger partial charge >= 0.3 is 0 Å². The van der Waals surface area contributed by atoms with E-state index >= 15 is 0 Å². The topological polar surface area (TPSA) is 117 Å². The van der Waals surface area contributed by atoms with Gasteiger partial charge in [-0.3, -0.25) is 4.79 Å². The molecule has 0 aromatic heterocycles. The van der Waals surface area contributed by atoms with Crippen molar-refractivity contribution in [3.63, 3.8) is 0 Å². The maximum atomic E-state index is 12.1. The molecule has 22 heavy (non-hydrogen) atoms. The molecule has 0 saturated heterocycles. The maximum Gasteiger partial charge on any atom is 0.256 e. The van der Waals surface area contributed by atoms with Crippen LogP contribution in [0.5, 0.6) is 0 Å². The van der Waals surface area contributed by atoms with Gasteiger partial charge in [-0.2, -0.15) is 10.5 Å². The quantitative estimate of drug-likeness (QED) is 0.906. The van der Waals surface area contributed by atoms with Gasteiger partial charge in [-0.15, -0.1) is 0 Å². The van der Waals surface area contributed by atoms with Crippen LogP contribution in [0.3, 0.4) is 0 Å². The van der Waals surface area contributed by atoms with E-state index in [4.69, 9.17) is 10.5 Å². The van der Waals surface area contributed by atoms with Crippen molar-refractivity contribution in [3.05, 3.63) is 64.7 Å². The summed E-state index contributed by atoms with van der Waals surface area (Å²) in [5.41, 5.74) is 0.317. The highest BCUT2D eigenvalue weighted by molar-refractivity contribution is 6.10. The fourth-order valence-corrected chi connectivity index (χ4v) is 1.87. The van der Waals surface area contributed by atoms with Crippen molar-refractivity contribution in [3.8, 4) is 12.1 Å². The van der Waals surface area contributed by atoms with E-state index in [1.165, 1.54) is 42.5 Å². The Hall–Kier alpha value is -3.64. The minimum absolute atomic E-state index is 0.0506. The second kappa shape index (κ2) is 6.21. The van der Waals surface area contributed by atoms with E-state index in [9.17, 15) is 14.7 Å². The Morgan fingerprint density at radius 3 is 2.18 bits per heavy atom. The molecular weight excluding hydrogens is 282 g/mol. The van der Waals surface area contributed by atoms with E-state index in [2.05, 4.69) is 5.32 Å². The van der Waals surface area contributed by atoms with Crippen LogP contribution in [-0.4, -0.2) is 11.9 Å². The smallest absolute Gasteiger partial charge is 0.256 e. The first kappa shape index (κ1) is 14.8. The standard InChI is InChI=1S/C16H9N3O3/c17-8-10-5-6-12(7-11(10)9-18)19-15(20)13-3-1-2-4-14(13)16(21)22/h1-7H,(H,19,20)(H,21,22)/p-1. The number of benzene rings is 2. The number of nitrogens with one attached hydrogen (secondary N) is 1. The molecule has 0 unspecified atom stereocenters. The Morgan fingerprint density at radius 2 is 1.59 bits per heavy atom. The Balaban J connectivity index is 2.33. The third-order valence-corrected chi connectivity index (χ3v) is 2.91. The summed E-state index contributed by atoms with van der Waals surface area (Å²) < 4.78 is 0. The minimum atomic E-state index is -1.46. The summed E-state index contributed by atoms with van der Waals surface area (Å²) in [5.74, 6) is -2.10. The van der Waals surface area contributed by atoms with Crippen molar-refractivity contribution in [2.45, 2.75) is 0 Å². The highest BCUT2D eigenvalue weighted by Gasteiger charge is 2.12. The zero-order valence-corrected chi connectivity index (χ0v) is 11.2. The van der Waals surface area contributed by atoms with Crippen LogP contribution in [0.4, 0.5) is 5.69 Å². The fraction of sp³-hybridized carbons (Fsp3) is 0. The van der Waals surface area contributed by atoms with Gasteiger partial charge in [0, 0.05) is 16.8 Å². The van der Waals surface area contributed by atoms with Gasteiger partial charge in [-0.25, -0.2) is 0 Å². The van der Waals surface area contributed by atoms with E-state index in [0.29, 0.717) is 0 Å². The summed E-state index contributed by atoms with van der Waals surface area (Å²) in [5, 5.41) is 31.3. The lowest BCUT2D eigenvalue weighted by Gasteiger charge is -2.11. The first-order valence-corrected chi connectivity index (χ1v) is 6.12. The zero-order valence-electron chi connectivity index (χ0n) is 11.2. The number of hydrogen-bond donors (Lipinski definition) is 1. The number of aromatic carboxylic acids is 1. The lowest BCUT2D eigenvalue weighted by atomic mass is 10.1. The number of carboxylic acid groups (broad SMARTS) is 1. The number of amides is 1. The maximum absolute atomic E-state index is 12.1. The van der Waals surface area contributed by atoms with Crippen LogP contribution < -0.4 is 10.4 Å². The van der Waals surface area contributed by atoms with Crippen LogP contribution in [0.25, 0.3) is 0 Å². The molecule has 0 fully saturated rings. The molecule has 0 aliphatic heterocycles. The Bertz CT molecular complexity index is 844. The molecule has 6 nitrogen and oxygen atoms in total. The third kappa shape index (κ3) is 2.92. The van der Waals surface area contributed by atoms with Crippen LogP contribution in [0.2, 0.25) is 0 Å². The molecule has 0 atom stereocenters. The van der Waals surface area contributed by atoms with Crippen molar-refractivity contribution >= 4 is 17.6 Å². The van der Waals surface area contributed by atoms with Gasteiger partial charge in [0.15, 0.2) is 0 Å². The van der Waals surface area contributed by atoms with Gasteiger partial charge in [-0.05, 0) is 24.3 Å². The summed E-state index contributed by atoms with van der Waals surface area (Å²) in [6.07, 6.45) is 0. The van der Waals surface area contributed by atoms with Crippen LogP contribution >= 0.6 is 0 Å². The Morgan fingerprint density at radius 1 is 0.955 bits per heavy atom. The molecule has 0 aliphatic carbocycles. The largest absolute Gasteiger partial charge is 0.545 e. The van der Waals surface area contributed by atoms with Crippen LogP contribution in [0.1, 0.15) is 31.8 Å².